The fraction of sp³-hybridized carbons (Fsp3) is 0.278. The molecule has 0 spiro atoms. The minimum absolute atomic E-state index is 0.0594. The standard InChI is InChI=1S/C18H18ClFN4O3/c1-8(2)27-16-10(6-11(19)14(20)13(16)18(25)26)7-12-23-9(3)15-17(21)22-4-5-24(12)15/h4-6,8H,7H2,1-3H3,(H2,21,22)(H,25,26). The van der Waals surface area contributed by atoms with Crippen molar-refractivity contribution in [1.29, 1.82) is 0 Å². The van der Waals surface area contributed by atoms with Crippen LogP contribution in [0.3, 0.4) is 0 Å². The summed E-state index contributed by atoms with van der Waals surface area (Å²) in [5.74, 6) is -1.64. The molecule has 27 heavy (non-hydrogen) atoms. The van der Waals surface area contributed by atoms with E-state index in [2.05, 4.69) is 9.97 Å². The van der Waals surface area contributed by atoms with Gasteiger partial charge in [-0.15, -0.1) is 0 Å². The van der Waals surface area contributed by atoms with Crippen molar-refractivity contribution in [3.8, 4) is 5.75 Å². The van der Waals surface area contributed by atoms with E-state index in [1.807, 2.05) is 0 Å². The van der Waals surface area contributed by atoms with Crippen molar-refractivity contribution in [1.82, 2.24) is 14.4 Å². The number of aromatic carboxylic acids is 1. The molecule has 0 aliphatic heterocycles. The first-order valence-electron chi connectivity index (χ1n) is 8.19. The van der Waals surface area contributed by atoms with E-state index in [4.69, 9.17) is 22.1 Å². The molecule has 0 bridgehead atoms. The number of hydrogen-bond acceptors (Lipinski definition) is 5. The van der Waals surface area contributed by atoms with Gasteiger partial charge in [-0.05, 0) is 26.8 Å². The number of halogens is 2. The number of benzene rings is 1. The zero-order valence-electron chi connectivity index (χ0n) is 15.0. The first kappa shape index (κ1) is 18.9. The average Bonchev–Trinajstić information content (AvgIpc) is 2.88. The Hall–Kier alpha value is -2.87. The van der Waals surface area contributed by atoms with Crippen molar-refractivity contribution in [3.05, 3.63) is 51.9 Å². The van der Waals surface area contributed by atoms with Gasteiger partial charge in [0.1, 0.15) is 28.5 Å². The van der Waals surface area contributed by atoms with Crippen LogP contribution in [0.4, 0.5) is 10.2 Å². The van der Waals surface area contributed by atoms with E-state index in [-0.39, 0.29) is 23.3 Å². The van der Waals surface area contributed by atoms with Gasteiger partial charge < -0.3 is 15.6 Å². The molecule has 3 rings (SSSR count). The van der Waals surface area contributed by atoms with Crippen LogP contribution in [0.1, 0.15) is 41.3 Å². The summed E-state index contributed by atoms with van der Waals surface area (Å²) in [4.78, 5) is 20.2. The lowest BCUT2D eigenvalue weighted by Gasteiger charge is -2.18. The number of carbonyl (C=O) groups is 1. The molecular weight excluding hydrogens is 375 g/mol. The highest BCUT2D eigenvalue weighted by Crippen LogP contribution is 2.34. The monoisotopic (exact) mass is 392 g/mol. The van der Waals surface area contributed by atoms with Crippen molar-refractivity contribution in [2.24, 2.45) is 0 Å². The number of imidazole rings is 1. The number of carboxylic acid groups (broad SMARTS) is 1. The number of rotatable bonds is 5. The maximum Gasteiger partial charge on any atom is 0.342 e. The number of aromatic nitrogens is 3. The van der Waals surface area contributed by atoms with Crippen LogP contribution in [-0.4, -0.2) is 31.5 Å². The molecule has 3 aromatic rings. The Kier molecular flexibility index (Phi) is 4.93. The van der Waals surface area contributed by atoms with E-state index in [0.29, 0.717) is 28.4 Å². The van der Waals surface area contributed by atoms with E-state index >= 15 is 0 Å². The molecule has 0 atom stereocenters. The summed E-state index contributed by atoms with van der Waals surface area (Å²) in [6.07, 6.45) is 3.05. The number of nitrogens with zero attached hydrogens (tertiary/aromatic N) is 3. The Labute approximate surface area is 159 Å². The Bertz CT molecular complexity index is 1050. The van der Waals surface area contributed by atoms with Crippen LogP contribution in [0.5, 0.6) is 5.75 Å². The lowest BCUT2D eigenvalue weighted by atomic mass is 10.0. The van der Waals surface area contributed by atoms with Crippen LogP contribution in [0.2, 0.25) is 5.02 Å². The minimum Gasteiger partial charge on any atom is -0.490 e. The molecular formula is C18H18ClFN4O3. The van der Waals surface area contributed by atoms with Crippen molar-refractivity contribution >= 4 is 28.9 Å². The number of nitrogens with two attached hydrogens (primary N) is 1. The van der Waals surface area contributed by atoms with Crippen LogP contribution in [0.15, 0.2) is 18.5 Å². The fourth-order valence-electron chi connectivity index (χ4n) is 2.96. The summed E-state index contributed by atoms with van der Waals surface area (Å²) in [6, 6.07) is 1.36. The number of carboxylic acids is 1. The van der Waals surface area contributed by atoms with Crippen molar-refractivity contribution in [2.75, 3.05) is 5.73 Å². The summed E-state index contributed by atoms with van der Waals surface area (Å²) in [6.45, 7) is 5.25. The van der Waals surface area contributed by atoms with Gasteiger partial charge in [-0.3, -0.25) is 4.40 Å². The molecule has 0 fully saturated rings. The molecule has 1 aromatic carbocycles. The number of fused-ring (bicyclic) bond motifs is 1. The maximum absolute atomic E-state index is 14.4. The topological polar surface area (TPSA) is 103 Å². The number of hydrogen-bond donors (Lipinski definition) is 2. The lowest BCUT2D eigenvalue weighted by Crippen LogP contribution is -2.14. The third-order valence-electron chi connectivity index (χ3n) is 4.00. The molecule has 0 saturated heterocycles. The van der Waals surface area contributed by atoms with Gasteiger partial charge in [-0.1, -0.05) is 11.6 Å². The van der Waals surface area contributed by atoms with E-state index < -0.39 is 17.3 Å². The Morgan fingerprint density at radius 1 is 1.48 bits per heavy atom. The van der Waals surface area contributed by atoms with Crippen LogP contribution in [0, 0.1) is 12.7 Å². The molecule has 0 saturated carbocycles. The van der Waals surface area contributed by atoms with Gasteiger partial charge in [0, 0.05) is 24.4 Å². The second-order valence-electron chi connectivity index (χ2n) is 6.33. The smallest absolute Gasteiger partial charge is 0.342 e. The molecule has 3 N–H and O–H groups in total. The first-order chi connectivity index (χ1) is 12.7. The summed E-state index contributed by atoms with van der Waals surface area (Å²) in [5.41, 5.74) is 7.07. The second-order valence-corrected chi connectivity index (χ2v) is 6.74. The molecule has 9 heteroatoms. The summed E-state index contributed by atoms with van der Waals surface area (Å²) in [7, 11) is 0. The first-order valence-corrected chi connectivity index (χ1v) is 8.57. The average molecular weight is 393 g/mol. The number of anilines is 1. The van der Waals surface area contributed by atoms with E-state index in [9.17, 15) is 14.3 Å². The largest absolute Gasteiger partial charge is 0.490 e. The quantitative estimate of drug-likeness (QED) is 0.689. The van der Waals surface area contributed by atoms with Gasteiger partial charge in [-0.2, -0.15) is 0 Å². The third-order valence-corrected chi connectivity index (χ3v) is 4.27. The van der Waals surface area contributed by atoms with Gasteiger partial charge in [-0.25, -0.2) is 19.2 Å². The Balaban J connectivity index is 2.20. The van der Waals surface area contributed by atoms with E-state index in [0.717, 1.165) is 0 Å². The number of aryl methyl sites for hydroxylation is 1. The molecule has 0 radical (unpaired) electrons. The van der Waals surface area contributed by atoms with Crippen molar-refractivity contribution < 1.29 is 19.0 Å². The number of nitrogen functional groups attached to an aromatic ring is 1. The van der Waals surface area contributed by atoms with Crippen LogP contribution in [-0.2, 0) is 6.42 Å². The highest BCUT2D eigenvalue weighted by molar-refractivity contribution is 6.31. The van der Waals surface area contributed by atoms with Gasteiger partial charge in [0.2, 0.25) is 0 Å². The van der Waals surface area contributed by atoms with Crippen molar-refractivity contribution in [2.45, 2.75) is 33.3 Å². The fourth-order valence-corrected chi connectivity index (χ4v) is 3.19. The Morgan fingerprint density at radius 3 is 2.81 bits per heavy atom. The molecule has 2 aromatic heterocycles. The van der Waals surface area contributed by atoms with Gasteiger partial charge in [0.15, 0.2) is 5.82 Å². The predicted molar refractivity (Wildman–Crippen MR) is 99.1 cm³/mol. The molecule has 0 aliphatic carbocycles. The van der Waals surface area contributed by atoms with Crippen LogP contribution >= 0.6 is 11.6 Å². The minimum atomic E-state index is -1.45. The highest BCUT2D eigenvalue weighted by atomic mass is 35.5. The normalized spacial score (nSPS) is 11.3. The molecule has 7 nitrogen and oxygen atoms in total. The van der Waals surface area contributed by atoms with Crippen LogP contribution in [0.25, 0.3) is 5.52 Å². The highest BCUT2D eigenvalue weighted by Gasteiger charge is 2.26. The third kappa shape index (κ3) is 3.40. The van der Waals surface area contributed by atoms with E-state index in [1.165, 1.54) is 6.07 Å². The zero-order chi connectivity index (χ0) is 19.9. The molecule has 0 unspecified atom stereocenters. The summed E-state index contributed by atoms with van der Waals surface area (Å²) >= 11 is 5.94. The van der Waals surface area contributed by atoms with Crippen LogP contribution < -0.4 is 10.5 Å². The molecule has 0 amide bonds. The predicted octanol–water partition coefficient (Wildman–Crippen LogP) is 3.49. The van der Waals surface area contributed by atoms with E-state index in [1.54, 1.807) is 37.6 Å². The number of ether oxygens (including phenoxy) is 1. The molecule has 2 heterocycles. The zero-order valence-corrected chi connectivity index (χ0v) is 15.7. The maximum atomic E-state index is 14.4. The summed E-state index contributed by atoms with van der Waals surface area (Å²) < 4.78 is 21.7. The SMILES string of the molecule is Cc1nc(Cc2cc(Cl)c(F)c(C(=O)O)c2OC(C)C)n2ccnc(N)c12. The van der Waals surface area contributed by atoms with Crippen molar-refractivity contribution in [3.63, 3.8) is 0 Å². The molecule has 0 aliphatic rings. The molecule has 142 valence electrons. The summed E-state index contributed by atoms with van der Waals surface area (Å²) in [5, 5.41) is 9.17. The van der Waals surface area contributed by atoms with Gasteiger partial charge in [0.25, 0.3) is 0 Å². The van der Waals surface area contributed by atoms with Gasteiger partial charge >= 0.3 is 5.97 Å². The lowest BCUT2D eigenvalue weighted by molar-refractivity contribution is 0.0684. The van der Waals surface area contributed by atoms with Gasteiger partial charge in [0.05, 0.1) is 16.8 Å². The Morgan fingerprint density at radius 2 is 2.19 bits per heavy atom. The second kappa shape index (κ2) is 7.03.